The van der Waals surface area contributed by atoms with Crippen molar-refractivity contribution in [1.82, 2.24) is 0 Å². The lowest BCUT2D eigenvalue weighted by molar-refractivity contribution is 0.102. The third-order valence-electron chi connectivity index (χ3n) is 2.72. The lowest BCUT2D eigenvalue weighted by Crippen LogP contribution is -2.12. The molecule has 4 nitrogen and oxygen atoms in total. The predicted molar refractivity (Wildman–Crippen MR) is 91.7 cm³/mol. The number of nitrogens with one attached hydrogen (secondary N) is 1. The van der Waals surface area contributed by atoms with Gasteiger partial charge in [0.15, 0.2) is 9.84 Å². The van der Waals surface area contributed by atoms with Crippen molar-refractivity contribution in [3.05, 3.63) is 56.6 Å². The number of amides is 1. The predicted octanol–water partition coefficient (Wildman–Crippen LogP) is 3.60. The SMILES string of the molecule is CS(=O)(=O)c1ccc(NC(=O)c2ccc(I)c(Cl)c2)cc1. The van der Waals surface area contributed by atoms with Gasteiger partial charge in [-0.2, -0.15) is 0 Å². The summed E-state index contributed by atoms with van der Waals surface area (Å²) in [6.07, 6.45) is 1.13. The quantitative estimate of drug-likeness (QED) is 0.749. The number of rotatable bonds is 3. The summed E-state index contributed by atoms with van der Waals surface area (Å²) in [5, 5.41) is 3.20. The summed E-state index contributed by atoms with van der Waals surface area (Å²) in [5.41, 5.74) is 0.953. The van der Waals surface area contributed by atoms with Crippen molar-refractivity contribution >= 4 is 55.6 Å². The summed E-state index contributed by atoms with van der Waals surface area (Å²) in [4.78, 5) is 12.3. The van der Waals surface area contributed by atoms with Gasteiger partial charge >= 0.3 is 0 Å². The van der Waals surface area contributed by atoms with E-state index in [1.165, 1.54) is 12.1 Å². The van der Waals surface area contributed by atoms with Crippen molar-refractivity contribution in [2.24, 2.45) is 0 Å². The van der Waals surface area contributed by atoms with Crippen molar-refractivity contribution in [1.29, 1.82) is 0 Å². The maximum atomic E-state index is 12.1. The summed E-state index contributed by atoms with van der Waals surface area (Å²) in [6, 6.07) is 11.0. The lowest BCUT2D eigenvalue weighted by atomic mass is 10.2. The Balaban J connectivity index is 2.18. The first-order chi connectivity index (χ1) is 9.77. The van der Waals surface area contributed by atoms with Crippen LogP contribution in [0.4, 0.5) is 5.69 Å². The van der Waals surface area contributed by atoms with Gasteiger partial charge in [-0.15, -0.1) is 0 Å². The normalized spacial score (nSPS) is 11.2. The van der Waals surface area contributed by atoms with Crippen LogP contribution in [0, 0.1) is 3.57 Å². The first-order valence-electron chi connectivity index (χ1n) is 5.84. The fraction of sp³-hybridized carbons (Fsp3) is 0.0714. The fourth-order valence-corrected chi connectivity index (χ4v) is 2.77. The van der Waals surface area contributed by atoms with E-state index in [-0.39, 0.29) is 10.8 Å². The maximum Gasteiger partial charge on any atom is 0.255 e. The van der Waals surface area contributed by atoms with E-state index in [0.29, 0.717) is 16.3 Å². The van der Waals surface area contributed by atoms with Gasteiger partial charge in [0.1, 0.15) is 0 Å². The number of carbonyl (C=O) groups is 1. The van der Waals surface area contributed by atoms with E-state index in [0.717, 1.165) is 9.83 Å². The molecule has 0 aliphatic carbocycles. The molecule has 2 rings (SSSR count). The van der Waals surface area contributed by atoms with Crippen LogP contribution in [0.25, 0.3) is 0 Å². The van der Waals surface area contributed by atoms with Crippen LogP contribution >= 0.6 is 34.2 Å². The molecular weight excluding hydrogens is 425 g/mol. The molecule has 7 heteroatoms. The highest BCUT2D eigenvalue weighted by Crippen LogP contribution is 2.20. The molecule has 0 aliphatic rings. The Morgan fingerprint density at radius 1 is 1.14 bits per heavy atom. The standard InChI is InChI=1S/C14H11ClINO3S/c1-21(19,20)11-5-3-10(4-6-11)17-14(18)9-2-7-13(16)12(15)8-9/h2-8H,1H3,(H,17,18). The van der Waals surface area contributed by atoms with Crippen LogP contribution in [0.2, 0.25) is 5.02 Å². The van der Waals surface area contributed by atoms with Gasteiger partial charge < -0.3 is 5.32 Å². The summed E-state index contributed by atoms with van der Waals surface area (Å²) < 4.78 is 23.6. The van der Waals surface area contributed by atoms with Gasteiger partial charge in [-0.25, -0.2) is 8.42 Å². The second-order valence-electron chi connectivity index (χ2n) is 4.38. The maximum absolute atomic E-state index is 12.1. The van der Waals surface area contributed by atoms with Gasteiger partial charge in [-0.1, -0.05) is 11.6 Å². The van der Waals surface area contributed by atoms with Crippen LogP contribution in [0.5, 0.6) is 0 Å². The number of hydrogen-bond acceptors (Lipinski definition) is 3. The molecule has 0 unspecified atom stereocenters. The van der Waals surface area contributed by atoms with E-state index >= 15 is 0 Å². The Morgan fingerprint density at radius 2 is 1.76 bits per heavy atom. The summed E-state index contributed by atoms with van der Waals surface area (Å²) in [6.45, 7) is 0. The van der Waals surface area contributed by atoms with E-state index in [2.05, 4.69) is 27.9 Å². The minimum Gasteiger partial charge on any atom is -0.322 e. The molecule has 0 radical (unpaired) electrons. The smallest absolute Gasteiger partial charge is 0.255 e. The van der Waals surface area contributed by atoms with Gasteiger partial charge in [0.2, 0.25) is 0 Å². The molecule has 0 heterocycles. The Bertz CT molecular complexity index is 788. The van der Waals surface area contributed by atoms with E-state index in [1.54, 1.807) is 30.3 Å². The van der Waals surface area contributed by atoms with E-state index in [1.807, 2.05) is 0 Å². The minimum atomic E-state index is -3.24. The first-order valence-corrected chi connectivity index (χ1v) is 9.19. The Labute approximate surface area is 141 Å². The van der Waals surface area contributed by atoms with Crippen molar-refractivity contribution in [3.63, 3.8) is 0 Å². The first kappa shape index (κ1) is 16.3. The third kappa shape index (κ3) is 4.18. The zero-order valence-corrected chi connectivity index (χ0v) is 14.7. The topological polar surface area (TPSA) is 63.2 Å². The summed E-state index contributed by atoms with van der Waals surface area (Å²) in [7, 11) is -3.24. The molecule has 110 valence electrons. The molecule has 0 atom stereocenters. The number of anilines is 1. The molecule has 0 spiro atoms. The molecule has 0 aliphatic heterocycles. The molecule has 0 fully saturated rings. The Hall–Kier alpha value is -1.12. The van der Waals surface area contributed by atoms with Crippen LogP contribution in [0.15, 0.2) is 47.4 Å². The largest absolute Gasteiger partial charge is 0.322 e. The van der Waals surface area contributed by atoms with Gasteiger partial charge in [0.25, 0.3) is 5.91 Å². The monoisotopic (exact) mass is 435 g/mol. The molecule has 21 heavy (non-hydrogen) atoms. The highest BCUT2D eigenvalue weighted by atomic mass is 127. The van der Waals surface area contributed by atoms with Gasteiger partial charge in [0, 0.05) is 21.1 Å². The van der Waals surface area contributed by atoms with Gasteiger partial charge in [-0.3, -0.25) is 4.79 Å². The molecular formula is C14H11ClINO3S. The van der Waals surface area contributed by atoms with Crippen LogP contribution in [0.3, 0.4) is 0 Å². The van der Waals surface area contributed by atoms with Gasteiger partial charge in [-0.05, 0) is 65.1 Å². The second-order valence-corrected chi connectivity index (χ2v) is 7.96. The van der Waals surface area contributed by atoms with Crippen LogP contribution < -0.4 is 5.32 Å². The Morgan fingerprint density at radius 3 is 2.29 bits per heavy atom. The second kappa shape index (κ2) is 6.33. The number of halogens is 2. The number of benzene rings is 2. The van der Waals surface area contributed by atoms with E-state index < -0.39 is 9.84 Å². The zero-order valence-electron chi connectivity index (χ0n) is 10.9. The highest BCUT2D eigenvalue weighted by Gasteiger charge is 2.10. The third-order valence-corrected chi connectivity index (χ3v) is 5.42. The van der Waals surface area contributed by atoms with Crippen LogP contribution in [-0.4, -0.2) is 20.6 Å². The van der Waals surface area contributed by atoms with Crippen molar-refractivity contribution in [2.45, 2.75) is 4.90 Å². The molecule has 1 amide bonds. The highest BCUT2D eigenvalue weighted by molar-refractivity contribution is 14.1. The molecule has 0 saturated heterocycles. The van der Waals surface area contributed by atoms with Crippen LogP contribution in [-0.2, 0) is 9.84 Å². The number of carbonyl (C=O) groups excluding carboxylic acids is 1. The molecule has 2 aromatic rings. The van der Waals surface area contributed by atoms with Crippen molar-refractivity contribution in [3.8, 4) is 0 Å². The van der Waals surface area contributed by atoms with Crippen molar-refractivity contribution < 1.29 is 13.2 Å². The average molecular weight is 436 g/mol. The zero-order chi connectivity index (χ0) is 15.6. The van der Waals surface area contributed by atoms with Crippen molar-refractivity contribution in [2.75, 3.05) is 11.6 Å². The summed E-state index contributed by atoms with van der Waals surface area (Å²) >= 11 is 8.06. The molecule has 0 aromatic heterocycles. The van der Waals surface area contributed by atoms with Gasteiger partial charge in [0.05, 0.1) is 9.92 Å². The molecule has 2 aromatic carbocycles. The van der Waals surface area contributed by atoms with E-state index in [4.69, 9.17) is 11.6 Å². The van der Waals surface area contributed by atoms with E-state index in [9.17, 15) is 13.2 Å². The number of hydrogen-bond donors (Lipinski definition) is 1. The fourth-order valence-electron chi connectivity index (χ4n) is 1.63. The summed E-state index contributed by atoms with van der Waals surface area (Å²) in [5.74, 6) is -0.305. The lowest BCUT2D eigenvalue weighted by Gasteiger charge is -2.07. The molecule has 0 saturated carbocycles. The molecule has 0 bridgehead atoms. The number of sulfone groups is 1. The Kier molecular flexibility index (Phi) is 4.90. The van der Waals surface area contributed by atoms with Crippen LogP contribution in [0.1, 0.15) is 10.4 Å². The molecule has 1 N–H and O–H groups in total. The minimum absolute atomic E-state index is 0.206. The average Bonchev–Trinajstić information content (AvgIpc) is 2.41.